The van der Waals surface area contributed by atoms with Crippen molar-refractivity contribution in [2.75, 3.05) is 20.3 Å². The summed E-state index contributed by atoms with van der Waals surface area (Å²) < 4.78 is 10.1. The van der Waals surface area contributed by atoms with E-state index >= 15 is 0 Å². The first kappa shape index (κ1) is 10.4. The Morgan fingerprint density at radius 2 is 2.31 bits per heavy atom. The van der Waals surface area contributed by atoms with Crippen LogP contribution in [0.5, 0.6) is 0 Å². The second-order valence-corrected chi connectivity index (χ2v) is 2.92. The lowest BCUT2D eigenvalue weighted by Crippen LogP contribution is -2.01. The van der Waals surface area contributed by atoms with Crippen LogP contribution in [0.1, 0.15) is 5.56 Å². The Kier molecular flexibility index (Phi) is 4.75. The molecule has 1 aromatic heterocycles. The second kappa shape index (κ2) is 5.91. The quantitative estimate of drug-likeness (QED) is 0.539. The maximum Gasteiger partial charge on any atom is 0.129 e. The maximum absolute atomic E-state index is 5.69. The van der Waals surface area contributed by atoms with Gasteiger partial charge in [-0.05, 0) is 17.7 Å². The van der Waals surface area contributed by atoms with Gasteiger partial charge in [0, 0.05) is 13.3 Å². The predicted octanol–water partition coefficient (Wildman–Crippen LogP) is 1.90. The van der Waals surface area contributed by atoms with E-state index in [4.69, 9.17) is 21.1 Å². The van der Waals surface area contributed by atoms with Crippen LogP contribution in [0.3, 0.4) is 0 Å². The molecule has 0 atom stereocenters. The van der Waals surface area contributed by atoms with Gasteiger partial charge in [0.15, 0.2) is 0 Å². The normalized spacial score (nSPS) is 10.3. The minimum Gasteiger partial charge on any atom is -0.382 e. The standard InChI is InChI=1S/C9H12ClNO2/c1-12-4-5-13-7-8-2-3-11-9(10)6-8/h2-3,6H,4-5,7H2,1H3. The van der Waals surface area contributed by atoms with Crippen LogP contribution in [0, 0.1) is 0 Å². The van der Waals surface area contributed by atoms with Crippen LogP contribution >= 0.6 is 11.6 Å². The average Bonchev–Trinajstić information content (AvgIpc) is 2.13. The van der Waals surface area contributed by atoms with Gasteiger partial charge < -0.3 is 9.47 Å². The molecule has 0 N–H and O–H groups in total. The lowest BCUT2D eigenvalue weighted by Gasteiger charge is -2.03. The summed E-state index contributed by atoms with van der Waals surface area (Å²) in [5, 5.41) is 0.493. The van der Waals surface area contributed by atoms with Gasteiger partial charge in [-0.3, -0.25) is 0 Å². The highest BCUT2D eigenvalue weighted by molar-refractivity contribution is 6.29. The molecule has 0 amide bonds. The molecule has 0 aromatic carbocycles. The first-order valence-corrected chi connectivity index (χ1v) is 4.38. The van der Waals surface area contributed by atoms with E-state index < -0.39 is 0 Å². The van der Waals surface area contributed by atoms with Gasteiger partial charge in [-0.1, -0.05) is 11.6 Å². The highest BCUT2D eigenvalue weighted by atomic mass is 35.5. The first-order valence-electron chi connectivity index (χ1n) is 4.00. The van der Waals surface area contributed by atoms with Gasteiger partial charge in [0.1, 0.15) is 5.15 Å². The Balaban J connectivity index is 2.28. The fourth-order valence-corrected chi connectivity index (χ4v) is 1.06. The van der Waals surface area contributed by atoms with Crippen molar-refractivity contribution in [3.63, 3.8) is 0 Å². The van der Waals surface area contributed by atoms with E-state index in [-0.39, 0.29) is 0 Å². The van der Waals surface area contributed by atoms with Crippen LogP contribution in [-0.4, -0.2) is 25.3 Å². The fourth-order valence-electron chi connectivity index (χ4n) is 0.865. The molecule has 0 fully saturated rings. The molecule has 0 spiro atoms. The molecule has 0 bridgehead atoms. The summed E-state index contributed by atoms with van der Waals surface area (Å²) in [6.07, 6.45) is 1.66. The van der Waals surface area contributed by atoms with Gasteiger partial charge in [0.2, 0.25) is 0 Å². The first-order chi connectivity index (χ1) is 6.33. The van der Waals surface area contributed by atoms with Gasteiger partial charge >= 0.3 is 0 Å². The zero-order valence-electron chi connectivity index (χ0n) is 7.50. The van der Waals surface area contributed by atoms with E-state index in [2.05, 4.69) is 4.98 Å². The molecule has 4 heteroatoms. The zero-order chi connectivity index (χ0) is 9.52. The zero-order valence-corrected chi connectivity index (χ0v) is 8.25. The lowest BCUT2D eigenvalue weighted by molar-refractivity contribution is 0.0616. The van der Waals surface area contributed by atoms with Gasteiger partial charge in [-0.2, -0.15) is 0 Å². The molecule has 1 heterocycles. The number of nitrogens with zero attached hydrogens (tertiary/aromatic N) is 1. The van der Waals surface area contributed by atoms with Crippen molar-refractivity contribution in [1.82, 2.24) is 4.98 Å². The van der Waals surface area contributed by atoms with Crippen molar-refractivity contribution in [3.05, 3.63) is 29.0 Å². The summed E-state index contributed by atoms with van der Waals surface area (Å²) in [6.45, 7) is 1.75. The molecule has 13 heavy (non-hydrogen) atoms. The summed E-state index contributed by atoms with van der Waals surface area (Å²) in [5.74, 6) is 0. The molecule has 0 radical (unpaired) electrons. The van der Waals surface area contributed by atoms with E-state index in [9.17, 15) is 0 Å². The molecule has 3 nitrogen and oxygen atoms in total. The second-order valence-electron chi connectivity index (χ2n) is 2.53. The Labute approximate surface area is 82.6 Å². The van der Waals surface area contributed by atoms with E-state index in [0.717, 1.165) is 5.56 Å². The minimum absolute atomic E-state index is 0.493. The van der Waals surface area contributed by atoms with E-state index in [1.165, 1.54) is 0 Å². The third kappa shape index (κ3) is 4.22. The predicted molar refractivity (Wildman–Crippen MR) is 50.8 cm³/mol. The molecule has 1 rings (SSSR count). The van der Waals surface area contributed by atoms with E-state index in [1.807, 2.05) is 6.07 Å². The number of hydrogen-bond donors (Lipinski definition) is 0. The van der Waals surface area contributed by atoms with E-state index in [0.29, 0.717) is 25.0 Å². The largest absolute Gasteiger partial charge is 0.382 e. The van der Waals surface area contributed by atoms with Crippen molar-refractivity contribution >= 4 is 11.6 Å². The highest BCUT2D eigenvalue weighted by Crippen LogP contribution is 2.07. The summed E-state index contributed by atoms with van der Waals surface area (Å²) in [7, 11) is 1.65. The summed E-state index contributed by atoms with van der Waals surface area (Å²) in [6, 6.07) is 3.66. The van der Waals surface area contributed by atoms with Crippen LogP contribution < -0.4 is 0 Å². The molecular formula is C9H12ClNO2. The number of halogens is 1. The van der Waals surface area contributed by atoms with Crippen molar-refractivity contribution < 1.29 is 9.47 Å². The van der Waals surface area contributed by atoms with Gasteiger partial charge in [-0.15, -0.1) is 0 Å². The van der Waals surface area contributed by atoms with Crippen molar-refractivity contribution in [2.45, 2.75) is 6.61 Å². The molecule has 0 saturated carbocycles. The van der Waals surface area contributed by atoms with Crippen LogP contribution in [0.25, 0.3) is 0 Å². The molecule has 0 aliphatic carbocycles. The van der Waals surface area contributed by atoms with Gasteiger partial charge in [0.25, 0.3) is 0 Å². The van der Waals surface area contributed by atoms with Crippen LogP contribution in [0.2, 0.25) is 5.15 Å². The van der Waals surface area contributed by atoms with Gasteiger partial charge in [0.05, 0.1) is 19.8 Å². The fraction of sp³-hybridized carbons (Fsp3) is 0.444. The third-order valence-electron chi connectivity index (χ3n) is 1.49. The molecule has 72 valence electrons. The number of pyridine rings is 1. The van der Waals surface area contributed by atoms with Gasteiger partial charge in [-0.25, -0.2) is 4.98 Å². The topological polar surface area (TPSA) is 31.4 Å². The van der Waals surface area contributed by atoms with Crippen LogP contribution in [-0.2, 0) is 16.1 Å². The Bertz CT molecular complexity index is 255. The summed E-state index contributed by atoms with van der Waals surface area (Å²) >= 11 is 5.69. The van der Waals surface area contributed by atoms with Crippen molar-refractivity contribution in [3.8, 4) is 0 Å². The Morgan fingerprint density at radius 3 is 3.00 bits per heavy atom. The van der Waals surface area contributed by atoms with E-state index in [1.54, 1.807) is 19.4 Å². The molecule has 0 unspecified atom stereocenters. The van der Waals surface area contributed by atoms with Crippen molar-refractivity contribution in [1.29, 1.82) is 0 Å². The summed E-state index contributed by atoms with van der Waals surface area (Å²) in [4.78, 5) is 3.87. The molecular weight excluding hydrogens is 190 g/mol. The van der Waals surface area contributed by atoms with Crippen molar-refractivity contribution in [2.24, 2.45) is 0 Å². The van der Waals surface area contributed by atoms with Crippen LogP contribution in [0.4, 0.5) is 0 Å². The Hall–Kier alpha value is -0.640. The minimum atomic E-state index is 0.493. The highest BCUT2D eigenvalue weighted by Gasteiger charge is 1.94. The number of hydrogen-bond acceptors (Lipinski definition) is 3. The number of ether oxygens (including phenoxy) is 2. The molecule has 0 aliphatic heterocycles. The number of aromatic nitrogens is 1. The monoisotopic (exact) mass is 201 g/mol. The third-order valence-corrected chi connectivity index (χ3v) is 1.70. The summed E-state index contributed by atoms with van der Waals surface area (Å²) in [5.41, 5.74) is 1.02. The molecule has 0 aliphatic rings. The molecule has 1 aromatic rings. The average molecular weight is 202 g/mol. The molecule has 0 saturated heterocycles. The smallest absolute Gasteiger partial charge is 0.129 e. The lowest BCUT2D eigenvalue weighted by atomic mass is 10.3. The number of methoxy groups -OCH3 is 1. The Morgan fingerprint density at radius 1 is 1.46 bits per heavy atom. The number of rotatable bonds is 5. The van der Waals surface area contributed by atoms with Crippen LogP contribution in [0.15, 0.2) is 18.3 Å². The maximum atomic E-state index is 5.69. The SMILES string of the molecule is COCCOCc1ccnc(Cl)c1.